The largest absolute Gasteiger partial charge is 0.396 e. The summed E-state index contributed by atoms with van der Waals surface area (Å²) in [6, 6.07) is 14.3. The van der Waals surface area contributed by atoms with E-state index in [2.05, 4.69) is 38.8 Å². The van der Waals surface area contributed by atoms with Gasteiger partial charge in [0.25, 0.3) is 0 Å². The summed E-state index contributed by atoms with van der Waals surface area (Å²) < 4.78 is 5.55. The summed E-state index contributed by atoms with van der Waals surface area (Å²) in [4.78, 5) is 8.73. The third-order valence-electron chi connectivity index (χ3n) is 5.03. The Balaban J connectivity index is 1.57. The molecule has 144 valence electrons. The highest BCUT2D eigenvalue weighted by molar-refractivity contribution is 5.79. The Morgan fingerprint density at radius 2 is 2.19 bits per heavy atom. The average Bonchev–Trinajstić information content (AvgIpc) is 3.18. The van der Waals surface area contributed by atoms with Gasteiger partial charge in [0, 0.05) is 50.5 Å². The molecule has 1 aromatic heterocycles. The molecule has 27 heavy (non-hydrogen) atoms. The fourth-order valence-electron chi connectivity index (χ4n) is 3.36. The van der Waals surface area contributed by atoms with E-state index in [-0.39, 0.29) is 12.0 Å². The number of nitrogens with zero attached hydrogens (tertiary/aromatic N) is 2. The number of benzene rings is 1. The number of ether oxygens (including phenoxy) is 1. The van der Waals surface area contributed by atoms with E-state index in [0.29, 0.717) is 13.2 Å². The van der Waals surface area contributed by atoms with Crippen LogP contribution >= 0.6 is 0 Å². The first-order chi connectivity index (χ1) is 13.2. The Hall–Kier alpha value is -2.44. The lowest BCUT2D eigenvalue weighted by atomic mass is 9.84. The zero-order valence-electron chi connectivity index (χ0n) is 15.8. The number of nitrogens with one attached hydrogen (secondary N) is 2. The molecule has 1 aromatic carbocycles. The van der Waals surface area contributed by atoms with Crippen molar-refractivity contribution in [2.75, 3.05) is 33.4 Å². The number of aliphatic hydroxyl groups excluding tert-OH is 1. The minimum Gasteiger partial charge on any atom is -0.396 e. The monoisotopic (exact) mass is 368 g/mol. The van der Waals surface area contributed by atoms with E-state index >= 15 is 0 Å². The van der Waals surface area contributed by atoms with Crippen LogP contribution < -0.4 is 10.6 Å². The maximum Gasteiger partial charge on any atom is 0.191 e. The summed E-state index contributed by atoms with van der Waals surface area (Å²) in [5.41, 5.74) is 3.22. The van der Waals surface area contributed by atoms with Crippen LogP contribution in [0.25, 0.3) is 11.3 Å². The molecule has 1 saturated heterocycles. The lowest BCUT2D eigenvalue weighted by Crippen LogP contribution is -2.44. The Bertz CT molecular complexity index is 743. The van der Waals surface area contributed by atoms with E-state index in [4.69, 9.17) is 4.74 Å². The summed E-state index contributed by atoms with van der Waals surface area (Å²) in [5.74, 6) is 0.752. The van der Waals surface area contributed by atoms with Crippen LogP contribution in [0.4, 0.5) is 0 Å². The van der Waals surface area contributed by atoms with Crippen molar-refractivity contribution in [3.8, 4) is 11.3 Å². The van der Waals surface area contributed by atoms with Gasteiger partial charge in [-0.25, -0.2) is 0 Å². The number of guanidine groups is 1. The van der Waals surface area contributed by atoms with Crippen molar-refractivity contribution in [2.24, 2.45) is 10.4 Å². The molecule has 0 aliphatic carbocycles. The summed E-state index contributed by atoms with van der Waals surface area (Å²) >= 11 is 0. The van der Waals surface area contributed by atoms with Crippen molar-refractivity contribution >= 4 is 5.96 Å². The molecule has 1 fully saturated rings. The van der Waals surface area contributed by atoms with E-state index in [0.717, 1.165) is 48.8 Å². The third-order valence-corrected chi connectivity index (χ3v) is 5.03. The highest BCUT2D eigenvalue weighted by Crippen LogP contribution is 2.31. The van der Waals surface area contributed by atoms with Crippen molar-refractivity contribution in [1.29, 1.82) is 0 Å². The van der Waals surface area contributed by atoms with Gasteiger partial charge in [-0.3, -0.25) is 9.98 Å². The summed E-state index contributed by atoms with van der Waals surface area (Å²) in [5, 5.41) is 16.1. The molecule has 0 spiro atoms. The Morgan fingerprint density at radius 1 is 1.26 bits per heavy atom. The molecular weight excluding hydrogens is 340 g/mol. The molecule has 1 unspecified atom stereocenters. The van der Waals surface area contributed by atoms with Gasteiger partial charge in [-0.15, -0.1) is 0 Å². The minimum atomic E-state index is -0.00867. The molecule has 6 nitrogen and oxygen atoms in total. The number of rotatable bonds is 7. The average molecular weight is 368 g/mol. The Kier molecular flexibility index (Phi) is 6.79. The van der Waals surface area contributed by atoms with Crippen LogP contribution in [0.15, 0.2) is 53.7 Å². The number of pyridine rings is 1. The van der Waals surface area contributed by atoms with Crippen LogP contribution in [-0.4, -0.2) is 49.5 Å². The first-order valence-corrected chi connectivity index (χ1v) is 9.38. The van der Waals surface area contributed by atoms with Crippen LogP contribution in [0.3, 0.4) is 0 Å². The van der Waals surface area contributed by atoms with Crippen molar-refractivity contribution in [1.82, 2.24) is 15.6 Å². The molecule has 3 N–H and O–H groups in total. The van der Waals surface area contributed by atoms with Gasteiger partial charge in [0.05, 0.1) is 12.3 Å². The molecule has 0 saturated carbocycles. The molecule has 1 atom stereocenters. The second-order valence-electron chi connectivity index (χ2n) is 6.97. The van der Waals surface area contributed by atoms with E-state index in [1.807, 2.05) is 24.3 Å². The fourth-order valence-corrected chi connectivity index (χ4v) is 3.36. The lowest BCUT2D eigenvalue weighted by Gasteiger charge is -2.27. The number of aliphatic hydroxyl groups is 1. The third kappa shape index (κ3) is 5.28. The quantitative estimate of drug-likeness (QED) is 0.516. The molecule has 0 amide bonds. The standard InChI is InChI=1S/C21H28N4O2/c1-22-20(25-15-21(8-11-26)9-12-27-16-21)24-14-17-5-4-6-18(13-17)19-7-2-3-10-23-19/h2-7,10,13,26H,8-9,11-12,14-16H2,1H3,(H2,22,24,25). The summed E-state index contributed by atoms with van der Waals surface area (Å²) in [7, 11) is 1.77. The van der Waals surface area contributed by atoms with Gasteiger partial charge in [0.1, 0.15) is 0 Å². The van der Waals surface area contributed by atoms with E-state index in [9.17, 15) is 5.11 Å². The highest BCUT2D eigenvalue weighted by atomic mass is 16.5. The van der Waals surface area contributed by atoms with Crippen molar-refractivity contribution in [3.63, 3.8) is 0 Å². The van der Waals surface area contributed by atoms with Crippen molar-refractivity contribution < 1.29 is 9.84 Å². The number of aromatic nitrogens is 1. The fraction of sp³-hybridized carbons (Fsp3) is 0.429. The molecule has 0 radical (unpaired) electrons. The molecule has 3 rings (SSSR count). The summed E-state index contributed by atoms with van der Waals surface area (Å²) in [6.07, 6.45) is 3.51. The normalized spacial score (nSPS) is 19.9. The van der Waals surface area contributed by atoms with Gasteiger partial charge in [-0.05, 0) is 36.6 Å². The van der Waals surface area contributed by atoms with Crippen LogP contribution in [0, 0.1) is 5.41 Å². The maximum atomic E-state index is 9.35. The van der Waals surface area contributed by atoms with E-state index in [1.54, 1.807) is 13.2 Å². The molecule has 2 aromatic rings. The minimum absolute atomic E-state index is 0.00867. The topological polar surface area (TPSA) is 78.8 Å². The van der Waals surface area contributed by atoms with Crippen molar-refractivity contribution in [3.05, 3.63) is 54.2 Å². The van der Waals surface area contributed by atoms with Gasteiger partial charge in [0.2, 0.25) is 0 Å². The van der Waals surface area contributed by atoms with Crippen LogP contribution in [0.1, 0.15) is 18.4 Å². The second-order valence-corrected chi connectivity index (χ2v) is 6.97. The molecule has 1 aliphatic rings. The smallest absolute Gasteiger partial charge is 0.191 e. The molecule has 6 heteroatoms. The van der Waals surface area contributed by atoms with Gasteiger partial charge in [-0.2, -0.15) is 0 Å². The van der Waals surface area contributed by atoms with Crippen molar-refractivity contribution in [2.45, 2.75) is 19.4 Å². The Labute approximate surface area is 160 Å². The number of hydrogen-bond donors (Lipinski definition) is 3. The number of hydrogen-bond acceptors (Lipinski definition) is 4. The first-order valence-electron chi connectivity index (χ1n) is 9.38. The summed E-state index contributed by atoms with van der Waals surface area (Å²) in [6.45, 7) is 3.03. The van der Waals surface area contributed by atoms with E-state index < -0.39 is 0 Å². The van der Waals surface area contributed by atoms with Crippen LogP contribution in [0.2, 0.25) is 0 Å². The predicted octanol–water partition coefficient (Wildman–Crippen LogP) is 2.20. The van der Waals surface area contributed by atoms with Gasteiger partial charge < -0.3 is 20.5 Å². The van der Waals surface area contributed by atoms with Gasteiger partial charge in [0.15, 0.2) is 5.96 Å². The highest BCUT2D eigenvalue weighted by Gasteiger charge is 2.34. The van der Waals surface area contributed by atoms with E-state index in [1.165, 1.54) is 0 Å². The molecule has 2 heterocycles. The molecule has 0 bridgehead atoms. The van der Waals surface area contributed by atoms with Gasteiger partial charge >= 0.3 is 0 Å². The molecule has 1 aliphatic heterocycles. The predicted molar refractivity (Wildman–Crippen MR) is 107 cm³/mol. The Morgan fingerprint density at radius 3 is 2.89 bits per heavy atom. The van der Waals surface area contributed by atoms with Gasteiger partial charge in [-0.1, -0.05) is 24.3 Å². The number of aliphatic imine (C=N–C) groups is 1. The SMILES string of the molecule is CN=C(NCc1cccc(-c2ccccn2)c1)NCC1(CCO)CCOC1. The zero-order valence-corrected chi connectivity index (χ0v) is 15.8. The molecular formula is C21H28N4O2. The first kappa shape index (κ1) is 19.3. The second kappa shape index (κ2) is 9.48. The van der Waals surface area contributed by atoms with Crippen LogP contribution in [0.5, 0.6) is 0 Å². The zero-order chi connectivity index (χ0) is 19.0. The maximum absolute atomic E-state index is 9.35. The lowest BCUT2D eigenvalue weighted by molar-refractivity contribution is 0.127. The van der Waals surface area contributed by atoms with Crippen LogP contribution in [-0.2, 0) is 11.3 Å².